The summed E-state index contributed by atoms with van der Waals surface area (Å²) in [6.45, 7) is 0.114. The summed E-state index contributed by atoms with van der Waals surface area (Å²) < 4.78 is 26.1. The molecule has 8 heteroatoms. The van der Waals surface area contributed by atoms with Crippen LogP contribution < -0.4 is 10.5 Å². The van der Waals surface area contributed by atoms with Crippen molar-refractivity contribution in [3.8, 4) is 0 Å². The molecule has 0 aliphatic heterocycles. The zero-order valence-corrected chi connectivity index (χ0v) is 10.7. The fraction of sp³-hybridized carbons (Fsp3) is 0.0909. The van der Waals surface area contributed by atoms with Gasteiger partial charge in [-0.1, -0.05) is 18.2 Å². The van der Waals surface area contributed by atoms with E-state index in [4.69, 9.17) is 11.1 Å². The predicted molar refractivity (Wildman–Crippen MR) is 70.1 cm³/mol. The molecule has 0 fully saturated rings. The number of hydrogen-bond donors (Lipinski definition) is 4. The van der Waals surface area contributed by atoms with E-state index in [-0.39, 0.29) is 17.4 Å². The Morgan fingerprint density at radius 2 is 2.21 bits per heavy atom. The van der Waals surface area contributed by atoms with Crippen LogP contribution in [0, 0.1) is 5.41 Å². The van der Waals surface area contributed by atoms with Crippen molar-refractivity contribution >= 4 is 15.9 Å². The van der Waals surface area contributed by atoms with Crippen molar-refractivity contribution in [2.24, 2.45) is 5.73 Å². The zero-order chi connectivity index (χ0) is 13.9. The van der Waals surface area contributed by atoms with Crippen molar-refractivity contribution in [1.29, 1.82) is 5.41 Å². The Morgan fingerprint density at radius 3 is 2.84 bits per heavy atom. The first-order valence-electron chi connectivity index (χ1n) is 5.41. The monoisotopic (exact) mass is 279 g/mol. The highest BCUT2D eigenvalue weighted by Crippen LogP contribution is 2.07. The molecule has 0 saturated carbocycles. The Balaban J connectivity index is 2.11. The zero-order valence-electron chi connectivity index (χ0n) is 9.92. The summed E-state index contributed by atoms with van der Waals surface area (Å²) in [5.41, 5.74) is 6.65. The molecule has 0 spiro atoms. The van der Waals surface area contributed by atoms with Crippen molar-refractivity contribution in [3.05, 3.63) is 47.7 Å². The van der Waals surface area contributed by atoms with Gasteiger partial charge >= 0.3 is 0 Å². The van der Waals surface area contributed by atoms with Gasteiger partial charge in [-0.05, 0) is 17.7 Å². The highest BCUT2D eigenvalue weighted by atomic mass is 32.2. The number of rotatable bonds is 5. The maximum absolute atomic E-state index is 11.8. The average molecular weight is 279 g/mol. The largest absolute Gasteiger partial charge is 0.384 e. The van der Waals surface area contributed by atoms with Crippen LogP contribution in [0.4, 0.5) is 0 Å². The number of nitrogens with zero attached hydrogens (tertiary/aromatic N) is 1. The van der Waals surface area contributed by atoms with Gasteiger partial charge in [0.05, 0.1) is 6.20 Å². The SMILES string of the molecule is N=C(N)c1cccc(CNS(=O)(=O)c2ccn[nH]2)c1. The van der Waals surface area contributed by atoms with Gasteiger partial charge in [-0.2, -0.15) is 5.10 Å². The Bertz CT molecular complexity index is 679. The van der Waals surface area contributed by atoms with Gasteiger partial charge in [-0.3, -0.25) is 10.5 Å². The van der Waals surface area contributed by atoms with Gasteiger partial charge in [-0.15, -0.1) is 0 Å². The van der Waals surface area contributed by atoms with Crippen molar-refractivity contribution in [2.75, 3.05) is 0 Å². The van der Waals surface area contributed by atoms with Crippen LogP contribution in [0.5, 0.6) is 0 Å². The van der Waals surface area contributed by atoms with Crippen molar-refractivity contribution in [3.63, 3.8) is 0 Å². The third-order valence-corrected chi connectivity index (χ3v) is 3.80. The lowest BCUT2D eigenvalue weighted by Gasteiger charge is -2.06. The van der Waals surface area contributed by atoms with Crippen LogP contribution in [0.1, 0.15) is 11.1 Å². The van der Waals surface area contributed by atoms with E-state index in [2.05, 4.69) is 14.9 Å². The van der Waals surface area contributed by atoms with Crippen molar-refractivity contribution < 1.29 is 8.42 Å². The van der Waals surface area contributed by atoms with Crippen LogP contribution in [0.2, 0.25) is 0 Å². The van der Waals surface area contributed by atoms with Gasteiger partial charge in [0, 0.05) is 12.1 Å². The van der Waals surface area contributed by atoms with Crippen LogP contribution in [0.25, 0.3) is 0 Å². The van der Waals surface area contributed by atoms with Crippen LogP contribution >= 0.6 is 0 Å². The molecular formula is C11H13N5O2S. The van der Waals surface area contributed by atoms with E-state index in [0.717, 1.165) is 5.56 Å². The van der Waals surface area contributed by atoms with Gasteiger partial charge in [0.1, 0.15) is 5.84 Å². The number of nitrogen functional groups attached to an aromatic ring is 1. The predicted octanol–water partition coefficient (Wildman–Crippen LogP) is 0.172. The highest BCUT2D eigenvalue weighted by molar-refractivity contribution is 7.89. The van der Waals surface area contributed by atoms with Gasteiger partial charge in [-0.25, -0.2) is 13.1 Å². The second-order valence-corrected chi connectivity index (χ2v) is 5.59. The molecule has 0 saturated heterocycles. The van der Waals surface area contributed by atoms with Crippen molar-refractivity contribution in [2.45, 2.75) is 11.6 Å². The van der Waals surface area contributed by atoms with Gasteiger partial charge in [0.2, 0.25) is 0 Å². The number of aromatic nitrogens is 2. The number of nitrogens with two attached hydrogens (primary N) is 1. The molecule has 0 radical (unpaired) electrons. The fourth-order valence-corrected chi connectivity index (χ4v) is 2.42. The summed E-state index contributed by atoms with van der Waals surface area (Å²) in [5.74, 6) is -0.0572. The second kappa shape index (κ2) is 5.21. The van der Waals surface area contributed by atoms with E-state index in [9.17, 15) is 8.42 Å². The lowest BCUT2D eigenvalue weighted by atomic mass is 10.1. The molecule has 0 aliphatic rings. The van der Waals surface area contributed by atoms with E-state index >= 15 is 0 Å². The van der Waals surface area contributed by atoms with Gasteiger partial charge < -0.3 is 5.73 Å². The van der Waals surface area contributed by atoms with Gasteiger partial charge in [0.15, 0.2) is 5.03 Å². The normalized spacial score (nSPS) is 11.4. The average Bonchev–Trinajstić information content (AvgIpc) is 2.91. The summed E-state index contributed by atoms with van der Waals surface area (Å²) in [7, 11) is -3.60. The van der Waals surface area contributed by atoms with E-state index in [1.165, 1.54) is 12.3 Å². The maximum atomic E-state index is 11.8. The lowest BCUT2D eigenvalue weighted by Crippen LogP contribution is -2.23. The first kappa shape index (κ1) is 13.2. The molecule has 1 heterocycles. The topological polar surface area (TPSA) is 125 Å². The van der Waals surface area contributed by atoms with E-state index in [0.29, 0.717) is 5.56 Å². The molecule has 2 rings (SSSR count). The minimum atomic E-state index is -3.60. The molecule has 7 nitrogen and oxygen atoms in total. The van der Waals surface area contributed by atoms with Crippen LogP contribution in [-0.2, 0) is 16.6 Å². The molecule has 5 N–H and O–H groups in total. The molecular weight excluding hydrogens is 266 g/mol. The van der Waals surface area contributed by atoms with E-state index < -0.39 is 10.0 Å². The number of H-pyrrole nitrogens is 1. The van der Waals surface area contributed by atoms with Crippen LogP contribution in [-0.4, -0.2) is 24.5 Å². The number of amidine groups is 1. The number of benzene rings is 1. The number of sulfonamides is 1. The summed E-state index contributed by atoms with van der Waals surface area (Å²) in [6, 6.07) is 8.19. The van der Waals surface area contributed by atoms with Gasteiger partial charge in [0.25, 0.3) is 10.0 Å². The smallest absolute Gasteiger partial charge is 0.257 e. The van der Waals surface area contributed by atoms with Crippen LogP contribution in [0.3, 0.4) is 0 Å². The minimum Gasteiger partial charge on any atom is -0.384 e. The molecule has 100 valence electrons. The number of aromatic amines is 1. The molecule has 0 aliphatic carbocycles. The molecule has 0 bridgehead atoms. The highest BCUT2D eigenvalue weighted by Gasteiger charge is 2.14. The Hall–Kier alpha value is -2.19. The first-order valence-corrected chi connectivity index (χ1v) is 6.90. The fourth-order valence-electron chi connectivity index (χ4n) is 1.50. The third-order valence-electron chi connectivity index (χ3n) is 2.47. The molecule has 2 aromatic rings. The Labute approximate surface area is 110 Å². The Morgan fingerprint density at radius 1 is 1.42 bits per heavy atom. The molecule has 1 aromatic carbocycles. The standard InChI is InChI=1S/C11H13N5O2S/c12-11(13)9-3-1-2-8(6-9)7-15-19(17,18)10-4-5-14-16-10/h1-6,15H,7H2,(H3,12,13)(H,14,16). The molecule has 0 unspecified atom stereocenters. The number of nitrogens with one attached hydrogen (secondary N) is 3. The third kappa shape index (κ3) is 3.18. The van der Waals surface area contributed by atoms with E-state index in [1.54, 1.807) is 24.3 Å². The maximum Gasteiger partial charge on any atom is 0.257 e. The molecule has 1 aromatic heterocycles. The molecule has 0 amide bonds. The minimum absolute atomic E-state index is 0.00947. The quantitative estimate of drug-likeness (QED) is 0.460. The Kier molecular flexibility index (Phi) is 3.63. The molecule has 19 heavy (non-hydrogen) atoms. The summed E-state index contributed by atoms with van der Waals surface area (Å²) >= 11 is 0. The van der Waals surface area contributed by atoms with E-state index in [1.807, 2.05) is 0 Å². The summed E-state index contributed by atoms with van der Waals surface area (Å²) in [5, 5.41) is 13.3. The lowest BCUT2D eigenvalue weighted by molar-refractivity contribution is 0.577. The molecule has 0 atom stereocenters. The summed E-state index contributed by atoms with van der Waals surface area (Å²) in [4.78, 5) is 0. The second-order valence-electron chi connectivity index (χ2n) is 3.86. The summed E-state index contributed by atoms with van der Waals surface area (Å²) in [6.07, 6.45) is 1.37. The van der Waals surface area contributed by atoms with Crippen LogP contribution in [0.15, 0.2) is 41.6 Å². The number of hydrogen-bond acceptors (Lipinski definition) is 4. The first-order chi connectivity index (χ1) is 8.99. The van der Waals surface area contributed by atoms with Crippen molar-refractivity contribution in [1.82, 2.24) is 14.9 Å².